The minimum Gasteiger partial charge on any atom is -0.484 e. The molecular weight excluding hydrogens is 370 g/mol. The highest BCUT2D eigenvalue weighted by Crippen LogP contribution is 2.19. The summed E-state index contributed by atoms with van der Waals surface area (Å²) in [6, 6.07) is 13.6. The van der Waals surface area contributed by atoms with E-state index in [0.717, 1.165) is 24.7 Å². The number of nitro benzene ring substituents is 1. The molecule has 0 N–H and O–H groups in total. The molecule has 1 aliphatic rings. The van der Waals surface area contributed by atoms with Crippen molar-refractivity contribution < 1.29 is 14.5 Å². The lowest BCUT2D eigenvalue weighted by Crippen LogP contribution is -2.49. The SMILES string of the molecule is O=C(COc1cccc([N+](=O)[O-])c1)N1CCN(Cc2ccc(Cl)cc2)CC1. The first kappa shape index (κ1) is 19.1. The molecule has 1 saturated heterocycles. The zero-order chi connectivity index (χ0) is 19.2. The second-order valence-electron chi connectivity index (χ2n) is 6.33. The molecule has 0 atom stereocenters. The van der Waals surface area contributed by atoms with Gasteiger partial charge in [-0.25, -0.2) is 0 Å². The first-order valence-corrected chi connectivity index (χ1v) is 9.01. The number of ether oxygens (including phenoxy) is 1. The Labute approximate surface area is 162 Å². The maximum Gasteiger partial charge on any atom is 0.273 e. The predicted molar refractivity (Wildman–Crippen MR) is 102 cm³/mol. The van der Waals surface area contributed by atoms with Gasteiger partial charge in [-0.2, -0.15) is 0 Å². The number of halogens is 1. The van der Waals surface area contributed by atoms with Crippen LogP contribution < -0.4 is 4.74 Å². The number of rotatable bonds is 6. The smallest absolute Gasteiger partial charge is 0.273 e. The summed E-state index contributed by atoms with van der Waals surface area (Å²) < 4.78 is 5.42. The molecule has 0 bridgehead atoms. The standard InChI is InChI=1S/C19H20ClN3O4/c20-16-6-4-15(5-7-16)13-21-8-10-22(11-9-21)19(24)14-27-18-3-1-2-17(12-18)23(25)26/h1-7,12H,8-11,13-14H2. The summed E-state index contributed by atoms with van der Waals surface area (Å²) >= 11 is 5.90. The van der Waals surface area contributed by atoms with Crippen LogP contribution in [0.1, 0.15) is 5.56 Å². The molecule has 7 nitrogen and oxygen atoms in total. The molecule has 0 saturated carbocycles. The fourth-order valence-corrected chi connectivity index (χ4v) is 3.05. The number of nitrogens with zero attached hydrogens (tertiary/aromatic N) is 3. The van der Waals surface area contributed by atoms with E-state index in [1.54, 1.807) is 11.0 Å². The van der Waals surface area contributed by atoms with Crippen molar-refractivity contribution in [2.45, 2.75) is 6.54 Å². The number of benzene rings is 2. The summed E-state index contributed by atoms with van der Waals surface area (Å²) in [5.74, 6) is 0.201. The van der Waals surface area contributed by atoms with Gasteiger partial charge in [0.25, 0.3) is 11.6 Å². The Hall–Kier alpha value is -2.64. The summed E-state index contributed by atoms with van der Waals surface area (Å²) in [4.78, 5) is 26.7. The average molecular weight is 390 g/mol. The molecule has 3 rings (SSSR count). The van der Waals surface area contributed by atoms with E-state index in [1.165, 1.54) is 23.8 Å². The van der Waals surface area contributed by atoms with Gasteiger partial charge < -0.3 is 9.64 Å². The van der Waals surface area contributed by atoms with E-state index in [9.17, 15) is 14.9 Å². The maximum atomic E-state index is 12.3. The van der Waals surface area contributed by atoms with Crippen LogP contribution in [-0.4, -0.2) is 53.4 Å². The van der Waals surface area contributed by atoms with Crippen molar-refractivity contribution in [2.75, 3.05) is 32.8 Å². The molecule has 0 aromatic heterocycles. The zero-order valence-corrected chi connectivity index (χ0v) is 15.5. The fraction of sp³-hybridized carbons (Fsp3) is 0.316. The molecule has 8 heteroatoms. The largest absolute Gasteiger partial charge is 0.484 e. The third kappa shape index (κ3) is 5.42. The first-order chi connectivity index (χ1) is 13.0. The third-order valence-electron chi connectivity index (χ3n) is 4.44. The second-order valence-corrected chi connectivity index (χ2v) is 6.76. The Morgan fingerprint density at radius 3 is 2.48 bits per heavy atom. The molecule has 1 amide bonds. The van der Waals surface area contributed by atoms with Crippen LogP contribution in [0.2, 0.25) is 5.02 Å². The minimum absolute atomic E-state index is 0.0595. The van der Waals surface area contributed by atoms with Crippen molar-refractivity contribution in [2.24, 2.45) is 0 Å². The van der Waals surface area contributed by atoms with Crippen molar-refractivity contribution in [3.63, 3.8) is 0 Å². The number of amides is 1. The number of nitro groups is 1. The molecule has 1 aliphatic heterocycles. The average Bonchev–Trinajstić information content (AvgIpc) is 2.68. The Morgan fingerprint density at radius 2 is 1.81 bits per heavy atom. The highest BCUT2D eigenvalue weighted by molar-refractivity contribution is 6.30. The molecule has 0 unspecified atom stereocenters. The van der Waals surface area contributed by atoms with Gasteiger partial charge in [-0.05, 0) is 23.8 Å². The van der Waals surface area contributed by atoms with Gasteiger partial charge in [-0.1, -0.05) is 29.8 Å². The Kier molecular flexibility index (Phi) is 6.26. The van der Waals surface area contributed by atoms with Gasteiger partial charge in [0.15, 0.2) is 6.61 Å². The molecule has 27 heavy (non-hydrogen) atoms. The van der Waals surface area contributed by atoms with E-state index in [2.05, 4.69) is 4.90 Å². The van der Waals surface area contributed by atoms with Gasteiger partial charge in [-0.3, -0.25) is 19.8 Å². The molecular formula is C19H20ClN3O4. The molecule has 0 radical (unpaired) electrons. The van der Waals surface area contributed by atoms with Crippen molar-refractivity contribution in [3.05, 3.63) is 69.2 Å². The fourth-order valence-electron chi connectivity index (χ4n) is 2.93. The summed E-state index contributed by atoms with van der Waals surface area (Å²) in [6.45, 7) is 3.52. The van der Waals surface area contributed by atoms with E-state index in [0.29, 0.717) is 18.8 Å². The second kappa shape index (κ2) is 8.83. The quantitative estimate of drug-likeness (QED) is 0.560. The van der Waals surface area contributed by atoms with Gasteiger partial charge >= 0.3 is 0 Å². The van der Waals surface area contributed by atoms with E-state index in [1.807, 2.05) is 24.3 Å². The van der Waals surface area contributed by atoms with Crippen molar-refractivity contribution in [1.29, 1.82) is 0 Å². The molecule has 0 aliphatic carbocycles. The number of carbonyl (C=O) groups excluding carboxylic acids is 1. The normalized spacial score (nSPS) is 14.8. The van der Waals surface area contributed by atoms with E-state index in [4.69, 9.17) is 16.3 Å². The van der Waals surface area contributed by atoms with Crippen LogP contribution >= 0.6 is 11.6 Å². The predicted octanol–water partition coefficient (Wildman–Crippen LogP) is 2.97. The summed E-state index contributed by atoms with van der Waals surface area (Å²) in [5.41, 5.74) is 1.13. The van der Waals surface area contributed by atoms with Gasteiger partial charge in [0.1, 0.15) is 5.75 Å². The molecule has 2 aromatic rings. The lowest BCUT2D eigenvalue weighted by atomic mass is 10.2. The number of piperazine rings is 1. The van der Waals surface area contributed by atoms with Crippen molar-refractivity contribution in [3.8, 4) is 5.75 Å². The first-order valence-electron chi connectivity index (χ1n) is 8.63. The number of carbonyl (C=O) groups is 1. The number of hydrogen-bond acceptors (Lipinski definition) is 5. The highest BCUT2D eigenvalue weighted by Gasteiger charge is 2.21. The highest BCUT2D eigenvalue weighted by atomic mass is 35.5. The monoisotopic (exact) mass is 389 g/mol. The van der Waals surface area contributed by atoms with Gasteiger partial charge in [-0.15, -0.1) is 0 Å². The lowest BCUT2D eigenvalue weighted by Gasteiger charge is -2.34. The summed E-state index contributed by atoms with van der Waals surface area (Å²) in [5, 5.41) is 11.5. The molecule has 142 valence electrons. The van der Waals surface area contributed by atoms with E-state index < -0.39 is 4.92 Å². The minimum atomic E-state index is -0.491. The van der Waals surface area contributed by atoms with Crippen LogP contribution in [0.4, 0.5) is 5.69 Å². The van der Waals surface area contributed by atoms with E-state index in [-0.39, 0.29) is 18.2 Å². The number of hydrogen-bond donors (Lipinski definition) is 0. The van der Waals surface area contributed by atoms with Crippen LogP contribution in [-0.2, 0) is 11.3 Å². The van der Waals surface area contributed by atoms with Gasteiger partial charge in [0.2, 0.25) is 0 Å². The Balaban J connectivity index is 1.45. The Bertz CT molecular complexity index is 805. The van der Waals surface area contributed by atoms with Crippen molar-refractivity contribution >= 4 is 23.2 Å². The van der Waals surface area contributed by atoms with E-state index >= 15 is 0 Å². The Morgan fingerprint density at radius 1 is 1.11 bits per heavy atom. The van der Waals surface area contributed by atoms with Crippen LogP contribution in [0.25, 0.3) is 0 Å². The molecule has 2 aromatic carbocycles. The van der Waals surface area contributed by atoms with Crippen LogP contribution in [0, 0.1) is 10.1 Å². The van der Waals surface area contributed by atoms with Crippen LogP contribution in [0.3, 0.4) is 0 Å². The van der Waals surface area contributed by atoms with Crippen LogP contribution in [0.5, 0.6) is 5.75 Å². The lowest BCUT2D eigenvalue weighted by molar-refractivity contribution is -0.384. The van der Waals surface area contributed by atoms with Gasteiger partial charge in [0.05, 0.1) is 11.0 Å². The molecule has 0 spiro atoms. The zero-order valence-electron chi connectivity index (χ0n) is 14.7. The summed E-state index contributed by atoms with van der Waals surface area (Å²) in [6.07, 6.45) is 0. The topological polar surface area (TPSA) is 75.9 Å². The number of non-ortho nitro benzene ring substituents is 1. The van der Waals surface area contributed by atoms with Gasteiger partial charge in [0, 0.05) is 43.8 Å². The summed E-state index contributed by atoms with van der Waals surface area (Å²) in [7, 11) is 0. The maximum absolute atomic E-state index is 12.3. The molecule has 1 heterocycles. The van der Waals surface area contributed by atoms with Crippen LogP contribution in [0.15, 0.2) is 48.5 Å². The third-order valence-corrected chi connectivity index (χ3v) is 4.69. The van der Waals surface area contributed by atoms with Crippen molar-refractivity contribution in [1.82, 2.24) is 9.80 Å². The molecule has 1 fully saturated rings.